The highest BCUT2D eigenvalue weighted by atomic mass is 32.1. The van der Waals surface area contributed by atoms with E-state index in [0.29, 0.717) is 22.7 Å². The molecule has 0 amide bonds. The maximum atomic E-state index is 12.6. The molecule has 2 aromatic rings. The number of carbonyl (C=O) groups excluding carboxylic acids is 1. The van der Waals surface area contributed by atoms with Crippen molar-refractivity contribution in [3.05, 3.63) is 20.8 Å². The molecule has 0 aliphatic heterocycles. The van der Waals surface area contributed by atoms with Crippen molar-refractivity contribution in [2.75, 3.05) is 20.3 Å². The number of hydrogen-bond acceptors (Lipinski definition) is 7. The Morgan fingerprint density at radius 1 is 1.43 bits per heavy atom. The Morgan fingerprint density at radius 3 is 3.04 bits per heavy atom. The Labute approximate surface area is 137 Å². The number of thiophene rings is 1. The molecule has 23 heavy (non-hydrogen) atoms. The summed E-state index contributed by atoms with van der Waals surface area (Å²) in [5, 5.41) is 8.61. The molecule has 0 fully saturated rings. The van der Waals surface area contributed by atoms with Crippen LogP contribution in [0.5, 0.6) is 0 Å². The van der Waals surface area contributed by atoms with Gasteiger partial charge in [0.25, 0.3) is 5.56 Å². The SMILES string of the molecule is COCCOC(=O)Cn1nnc2sc3c(c2c1=O)CC[C@@H](C)C3. The average Bonchev–Trinajstić information content (AvgIpc) is 2.88. The van der Waals surface area contributed by atoms with Gasteiger partial charge in [0.2, 0.25) is 0 Å². The summed E-state index contributed by atoms with van der Waals surface area (Å²) in [5.74, 6) is 0.108. The first-order chi connectivity index (χ1) is 11.1. The number of aryl methyl sites for hydroxylation is 1. The third-order valence-corrected chi connectivity index (χ3v) is 5.15. The monoisotopic (exact) mass is 337 g/mol. The van der Waals surface area contributed by atoms with E-state index in [2.05, 4.69) is 17.2 Å². The fraction of sp³-hybridized carbons (Fsp3) is 0.600. The maximum absolute atomic E-state index is 12.6. The molecule has 0 bridgehead atoms. The molecular formula is C15H19N3O4S. The van der Waals surface area contributed by atoms with Crippen molar-refractivity contribution in [2.45, 2.75) is 32.7 Å². The molecule has 3 rings (SSSR count). The van der Waals surface area contributed by atoms with Gasteiger partial charge in [0.05, 0.1) is 12.0 Å². The second-order valence-electron chi connectivity index (χ2n) is 5.80. The number of hydrogen-bond donors (Lipinski definition) is 0. The summed E-state index contributed by atoms with van der Waals surface area (Å²) in [6.07, 6.45) is 2.93. The molecule has 0 unspecified atom stereocenters. The lowest BCUT2D eigenvalue weighted by atomic mass is 9.89. The van der Waals surface area contributed by atoms with Gasteiger partial charge in [-0.15, -0.1) is 16.4 Å². The van der Waals surface area contributed by atoms with Gasteiger partial charge >= 0.3 is 5.97 Å². The first-order valence-corrected chi connectivity index (χ1v) is 8.44. The van der Waals surface area contributed by atoms with E-state index in [1.54, 1.807) is 11.3 Å². The van der Waals surface area contributed by atoms with E-state index in [1.165, 1.54) is 12.0 Å². The number of aromatic nitrogens is 3. The Hall–Kier alpha value is -1.80. The first-order valence-electron chi connectivity index (χ1n) is 7.62. The zero-order valence-electron chi connectivity index (χ0n) is 13.2. The largest absolute Gasteiger partial charge is 0.462 e. The van der Waals surface area contributed by atoms with Crippen molar-refractivity contribution in [3.8, 4) is 0 Å². The molecule has 2 aromatic heterocycles. The number of esters is 1. The minimum absolute atomic E-state index is 0.158. The zero-order chi connectivity index (χ0) is 16.4. The molecule has 124 valence electrons. The number of nitrogens with zero attached hydrogens (tertiary/aromatic N) is 3. The summed E-state index contributed by atoms with van der Waals surface area (Å²) >= 11 is 1.54. The van der Waals surface area contributed by atoms with Crippen molar-refractivity contribution in [2.24, 2.45) is 5.92 Å². The topological polar surface area (TPSA) is 83.3 Å². The van der Waals surface area contributed by atoms with Crippen molar-refractivity contribution >= 4 is 27.5 Å². The third kappa shape index (κ3) is 3.28. The average molecular weight is 337 g/mol. The Balaban J connectivity index is 1.87. The van der Waals surface area contributed by atoms with Crippen molar-refractivity contribution in [3.63, 3.8) is 0 Å². The molecule has 0 saturated carbocycles. The van der Waals surface area contributed by atoms with Crippen LogP contribution in [0.25, 0.3) is 10.2 Å². The molecule has 2 heterocycles. The van der Waals surface area contributed by atoms with Crippen LogP contribution in [0.2, 0.25) is 0 Å². The molecule has 0 N–H and O–H groups in total. The Morgan fingerprint density at radius 2 is 2.26 bits per heavy atom. The van der Waals surface area contributed by atoms with E-state index in [0.717, 1.165) is 29.5 Å². The molecule has 1 atom stereocenters. The number of fused-ring (bicyclic) bond motifs is 3. The summed E-state index contributed by atoms with van der Waals surface area (Å²) < 4.78 is 10.9. The first kappa shape index (κ1) is 16.1. The fourth-order valence-electron chi connectivity index (χ4n) is 2.80. The summed E-state index contributed by atoms with van der Waals surface area (Å²) in [6.45, 7) is 2.47. The van der Waals surface area contributed by atoms with E-state index in [-0.39, 0.29) is 18.7 Å². The van der Waals surface area contributed by atoms with E-state index in [9.17, 15) is 9.59 Å². The molecule has 1 aliphatic carbocycles. The molecule has 0 spiro atoms. The van der Waals surface area contributed by atoms with Gasteiger partial charge in [0.1, 0.15) is 13.2 Å². The molecular weight excluding hydrogens is 318 g/mol. The Kier molecular flexibility index (Phi) is 4.72. The van der Waals surface area contributed by atoms with Gasteiger partial charge in [-0.2, -0.15) is 4.68 Å². The third-order valence-electron chi connectivity index (χ3n) is 4.01. The van der Waals surface area contributed by atoms with Crippen LogP contribution in [0.15, 0.2) is 4.79 Å². The lowest BCUT2D eigenvalue weighted by molar-refractivity contribution is -0.145. The number of methoxy groups -OCH3 is 1. The molecule has 0 saturated heterocycles. The van der Waals surface area contributed by atoms with E-state index in [4.69, 9.17) is 9.47 Å². The lowest BCUT2D eigenvalue weighted by Gasteiger charge is -2.17. The van der Waals surface area contributed by atoms with Crippen LogP contribution in [0.3, 0.4) is 0 Å². The van der Waals surface area contributed by atoms with Crippen molar-refractivity contribution < 1.29 is 14.3 Å². The highest BCUT2D eigenvalue weighted by molar-refractivity contribution is 7.18. The summed E-state index contributed by atoms with van der Waals surface area (Å²) in [6, 6.07) is 0. The molecule has 1 aliphatic rings. The molecule has 0 radical (unpaired) electrons. The summed E-state index contributed by atoms with van der Waals surface area (Å²) in [7, 11) is 1.53. The minimum Gasteiger partial charge on any atom is -0.462 e. The second kappa shape index (κ2) is 6.76. The molecule has 8 heteroatoms. The van der Waals surface area contributed by atoms with Crippen LogP contribution >= 0.6 is 11.3 Å². The van der Waals surface area contributed by atoms with E-state index in [1.807, 2.05) is 0 Å². The Bertz CT molecular complexity index is 783. The van der Waals surface area contributed by atoms with Gasteiger partial charge in [-0.25, -0.2) is 0 Å². The van der Waals surface area contributed by atoms with E-state index >= 15 is 0 Å². The summed E-state index contributed by atoms with van der Waals surface area (Å²) in [5.41, 5.74) is 0.829. The zero-order valence-corrected chi connectivity index (χ0v) is 14.0. The van der Waals surface area contributed by atoms with Crippen molar-refractivity contribution in [1.82, 2.24) is 15.0 Å². The smallest absolute Gasteiger partial charge is 0.328 e. The number of ether oxygens (including phenoxy) is 2. The van der Waals surface area contributed by atoms with Crippen LogP contribution in [0.1, 0.15) is 23.8 Å². The van der Waals surface area contributed by atoms with Gasteiger partial charge in [-0.3, -0.25) is 9.59 Å². The van der Waals surface area contributed by atoms with Crippen LogP contribution < -0.4 is 5.56 Å². The van der Waals surface area contributed by atoms with Gasteiger partial charge < -0.3 is 9.47 Å². The predicted octanol–water partition coefficient (Wildman–Crippen LogP) is 1.17. The normalized spacial score (nSPS) is 17.2. The van der Waals surface area contributed by atoms with Gasteiger partial charge in [-0.05, 0) is 30.7 Å². The fourth-order valence-corrected chi connectivity index (χ4v) is 4.12. The quantitative estimate of drug-likeness (QED) is 0.601. The van der Waals surface area contributed by atoms with Crippen LogP contribution in [-0.4, -0.2) is 41.3 Å². The number of rotatable bonds is 5. The van der Waals surface area contributed by atoms with Crippen LogP contribution in [-0.2, 0) is 33.7 Å². The predicted molar refractivity (Wildman–Crippen MR) is 85.7 cm³/mol. The molecule has 7 nitrogen and oxygen atoms in total. The molecule has 0 aromatic carbocycles. The summed E-state index contributed by atoms with van der Waals surface area (Å²) in [4.78, 5) is 26.3. The number of carbonyl (C=O) groups is 1. The van der Waals surface area contributed by atoms with Gasteiger partial charge in [0, 0.05) is 12.0 Å². The van der Waals surface area contributed by atoms with Crippen LogP contribution in [0.4, 0.5) is 0 Å². The standard InChI is InChI=1S/C15H19N3O4S/c1-9-3-4-10-11(7-9)23-14-13(10)15(20)18(17-16-14)8-12(19)22-6-5-21-2/h9H,3-8H2,1-2H3/t9-/m1/s1. The highest BCUT2D eigenvalue weighted by Gasteiger charge is 2.24. The van der Waals surface area contributed by atoms with Gasteiger partial charge in [0.15, 0.2) is 4.83 Å². The maximum Gasteiger partial charge on any atom is 0.328 e. The van der Waals surface area contributed by atoms with Crippen LogP contribution in [0, 0.1) is 5.92 Å². The van der Waals surface area contributed by atoms with Gasteiger partial charge in [-0.1, -0.05) is 12.1 Å². The second-order valence-corrected chi connectivity index (χ2v) is 6.88. The minimum atomic E-state index is -0.518. The van der Waals surface area contributed by atoms with E-state index < -0.39 is 5.97 Å². The van der Waals surface area contributed by atoms with Crippen molar-refractivity contribution in [1.29, 1.82) is 0 Å². The lowest BCUT2D eigenvalue weighted by Crippen LogP contribution is -2.29. The highest BCUT2D eigenvalue weighted by Crippen LogP contribution is 2.35.